The summed E-state index contributed by atoms with van der Waals surface area (Å²) in [6, 6.07) is 0.677. The number of halogens is 1. The zero-order valence-electron chi connectivity index (χ0n) is 8.83. The van der Waals surface area contributed by atoms with E-state index in [-0.39, 0.29) is 5.02 Å². The van der Waals surface area contributed by atoms with Gasteiger partial charge in [-0.1, -0.05) is 11.6 Å². The van der Waals surface area contributed by atoms with Gasteiger partial charge in [-0.15, -0.1) is 0 Å². The Morgan fingerprint density at radius 1 is 1.50 bits per heavy atom. The molecule has 1 aliphatic rings. The molecule has 88 valence electrons. The molecule has 2 N–H and O–H groups in total. The van der Waals surface area contributed by atoms with E-state index in [1.54, 1.807) is 0 Å². The summed E-state index contributed by atoms with van der Waals surface area (Å²) in [5, 5.41) is 3.40. The minimum atomic E-state index is -0.529. The molecule has 1 saturated carbocycles. The van der Waals surface area contributed by atoms with Crippen LogP contribution in [-0.2, 0) is 6.54 Å². The van der Waals surface area contributed by atoms with Gasteiger partial charge in [0.2, 0.25) is 0 Å². The molecule has 5 nitrogen and oxygen atoms in total. The van der Waals surface area contributed by atoms with E-state index in [1.165, 1.54) is 23.6 Å². The van der Waals surface area contributed by atoms with Gasteiger partial charge in [0.05, 0.1) is 0 Å². The van der Waals surface area contributed by atoms with Crippen molar-refractivity contribution in [3.63, 3.8) is 0 Å². The first-order valence-electron chi connectivity index (χ1n) is 5.39. The van der Waals surface area contributed by atoms with Crippen molar-refractivity contribution >= 4 is 11.6 Å². The second kappa shape index (κ2) is 4.84. The molecule has 0 spiro atoms. The smallest absolute Gasteiger partial charge is 0.314 e. The van der Waals surface area contributed by atoms with Gasteiger partial charge in [0.15, 0.2) is 0 Å². The van der Waals surface area contributed by atoms with Crippen LogP contribution >= 0.6 is 11.6 Å². The van der Waals surface area contributed by atoms with Crippen LogP contribution in [0.15, 0.2) is 15.8 Å². The highest BCUT2D eigenvalue weighted by molar-refractivity contribution is 6.30. The van der Waals surface area contributed by atoms with Crippen molar-refractivity contribution in [3.05, 3.63) is 32.1 Å². The third-order valence-corrected chi connectivity index (χ3v) is 2.82. The molecule has 0 saturated heterocycles. The molecule has 6 heteroatoms. The fourth-order valence-electron chi connectivity index (χ4n) is 1.49. The molecule has 0 radical (unpaired) electrons. The van der Waals surface area contributed by atoms with Gasteiger partial charge in [-0.3, -0.25) is 14.3 Å². The summed E-state index contributed by atoms with van der Waals surface area (Å²) in [6.45, 7) is 1.45. The van der Waals surface area contributed by atoms with E-state index >= 15 is 0 Å². The molecule has 0 aliphatic heterocycles. The lowest BCUT2D eigenvalue weighted by molar-refractivity contribution is 0.559. The summed E-state index contributed by atoms with van der Waals surface area (Å²) in [7, 11) is 0. The lowest BCUT2D eigenvalue weighted by atomic mass is 10.4. The van der Waals surface area contributed by atoms with Crippen LogP contribution in [0.25, 0.3) is 0 Å². The summed E-state index contributed by atoms with van der Waals surface area (Å²) in [5.74, 6) is 0. The molecule has 1 heterocycles. The average Bonchev–Trinajstić information content (AvgIpc) is 3.04. The van der Waals surface area contributed by atoms with Crippen LogP contribution in [-0.4, -0.2) is 22.1 Å². The second-order valence-electron chi connectivity index (χ2n) is 4.01. The quantitative estimate of drug-likeness (QED) is 0.733. The molecule has 1 aromatic heterocycles. The molecule has 0 bridgehead atoms. The number of aryl methyl sites for hydroxylation is 1. The van der Waals surface area contributed by atoms with Crippen molar-refractivity contribution in [2.24, 2.45) is 0 Å². The maximum absolute atomic E-state index is 11.4. The second-order valence-corrected chi connectivity index (χ2v) is 4.42. The molecule has 0 atom stereocenters. The topological polar surface area (TPSA) is 66.9 Å². The van der Waals surface area contributed by atoms with Crippen LogP contribution in [0.4, 0.5) is 0 Å². The molecule has 16 heavy (non-hydrogen) atoms. The highest BCUT2D eigenvalue weighted by Gasteiger charge is 2.19. The number of rotatable bonds is 5. The van der Waals surface area contributed by atoms with Crippen molar-refractivity contribution in [2.45, 2.75) is 31.8 Å². The summed E-state index contributed by atoms with van der Waals surface area (Å²) in [4.78, 5) is 24.5. The van der Waals surface area contributed by atoms with Crippen LogP contribution in [0, 0.1) is 0 Å². The van der Waals surface area contributed by atoms with Gasteiger partial charge in [-0.05, 0) is 25.8 Å². The van der Waals surface area contributed by atoms with Gasteiger partial charge < -0.3 is 5.32 Å². The van der Waals surface area contributed by atoms with Gasteiger partial charge in [0, 0.05) is 18.8 Å². The minimum absolute atomic E-state index is 0.0507. The Morgan fingerprint density at radius 2 is 2.25 bits per heavy atom. The number of hydrogen-bond donors (Lipinski definition) is 2. The molecule has 0 unspecified atom stereocenters. The molecule has 2 rings (SSSR count). The van der Waals surface area contributed by atoms with Crippen molar-refractivity contribution < 1.29 is 0 Å². The summed E-state index contributed by atoms with van der Waals surface area (Å²) < 4.78 is 1.43. The minimum Gasteiger partial charge on any atom is -0.314 e. The Bertz CT molecular complexity index is 476. The largest absolute Gasteiger partial charge is 0.328 e. The molecule has 1 fully saturated rings. The van der Waals surface area contributed by atoms with Crippen molar-refractivity contribution in [2.75, 3.05) is 6.54 Å². The molecule has 0 aromatic carbocycles. The monoisotopic (exact) mass is 243 g/mol. The fourth-order valence-corrected chi connectivity index (χ4v) is 1.66. The van der Waals surface area contributed by atoms with Crippen LogP contribution in [0.1, 0.15) is 19.3 Å². The molecular weight excluding hydrogens is 230 g/mol. The molecule has 1 aliphatic carbocycles. The first-order chi connectivity index (χ1) is 7.66. The normalized spacial score (nSPS) is 15.3. The SMILES string of the molecule is O=c1[nH]c(=O)n(CCCNC2CC2)cc1Cl. The van der Waals surface area contributed by atoms with E-state index in [9.17, 15) is 9.59 Å². The summed E-state index contributed by atoms with van der Waals surface area (Å²) in [5.41, 5.74) is -0.931. The highest BCUT2D eigenvalue weighted by Crippen LogP contribution is 2.18. The van der Waals surface area contributed by atoms with Gasteiger partial charge >= 0.3 is 5.69 Å². The third kappa shape index (κ3) is 2.96. The number of nitrogens with zero attached hydrogens (tertiary/aromatic N) is 1. The standard InChI is InChI=1S/C10H14ClN3O2/c11-8-6-14(10(16)13-9(8)15)5-1-4-12-7-2-3-7/h6-7,12H,1-5H2,(H,13,15,16). The van der Waals surface area contributed by atoms with Crippen LogP contribution in [0.2, 0.25) is 5.02 Å². The van der Waals surface area contributed by atoms with Crippen molar-refractivity contribution in [3.8, 4) is 0 Å². The zero-order valence-corrected chi connectivity index (χ0v) is 9.59. The van der Waals surface area contributed by atoms with Crippen LogP contribution in [0.5, 0.6) is 0 Å². The fraction of sp³-hybridized carbons (Fsp3) is 0.600. The maximum atomic E-state index is 11.4. The average molecular weight is 244 g/mol. The Hall–Kier alpha value is -1.07. The van der Waals surface area contributed by atoms with Gasteiger partial charge in [0.25, 0.3) is 5.56 Å². The zero-order chi connectivity index (χ0) is 11.5. The Labute approximate surface area is 97.4 Å². The van der Waals surface area contributed by atoms with E-state index in [0.29, 0.717) is 12.6 Å². The Morgan fingerprint density at radius 3 is 2.94 bits per heavy atom. The summed E-state index contributed by atoms with van der Waals surface area (Å²) in [6.07, 6.45) is 4.74. The van der Waals surface area contributed by atoms with Gasteiger partial charge in [-0.25, -0.2) is 4.79 Å². The van der Waals surface area contributed by atoms with E-state index in [0.717, 1.165) is 13.0 Å². The Kier molecular flexibility index (Phi) is 3.46. The van der Waals surface area contributed by atoms with E-state index in [1.807, 2.05) is 0 Å². The van der Waals surface area contributed by atoms with Gasteiger partial charge in [-0.2, -0.15) is 0 Å². The van der Waals surface area contributed by atoms with Gasteiger partial charge in [0.1, 0.15) is 5.02 Å². The predicted molar refractivity (Wildman–Crippen MR) is 62.0 cm³/mol. The molecule has 1 aromatic rings. The lowest BCUT2D eigenvalue weighted by Gasteiger charge is -2.05. The first kappa shape index (κ1) is 11.4. The number of H-pyrrole nitrogens is 1. The summed E-state index contributed by atoms with van der Waals surface area (Å²) >= 11 is 5.64. The molecular formula is C10H14ClN3O2. The number of aromatic nitrogens is 2. The van der Waals surface area contributed by atoms with Crippen LogP contribution < -0.4 is 16.6 Å². The number of aromatic amines is 1. The first-order valence-corrected chi connectivity index (χ1v) is 5.77. The predicted octanol–water partition coefficient (Wildman–Crippen LogP) is 0.332. The highest BCUT2D eigenvalue weighted by atomic mass is 35.5. The maximum Gasteiger partial charge on any atom is 0.328 e. The van der Waals surface area contributed by atoms with E-state index in [2.05, 4.69) is 10.3 Å². The van der Waals surface area contributed by atoms with Crippen LogP contribution in [0.3, 0.4) is 0 Å². The molecule has 0 amide bonds. The van der Waals surface area contributed by atoms with E-state index < -0.39 is 11.2 Å². The van der Waals surface area contributed by atoms with Crippen molar-refractivity contribution in [1.29, 1.82) is 0 Å². The third-order valence-electron chi connectivity index (χ3n) is 2.55. The van der Waals surface area contributed by atoms with E-state index in [4.69, 9.17) is 11.6 Å². The lowest BCUT2D eigenvalue weighted by Crippen LogP contribution is -2.30. The van der Waals surface area contributed by atoms with Crippen molar-refractivity contribution in [1.82, 2.24) is 14.9 Å². The number of hydrogen-bond acceptors (Lipinski definition) is 3. The Balaban J connectivity index is 1.90. The number of nitrogens with one attached hydrogen (secondary N) is 2.